The first-order valence-electron chi connectivity index (χ1n) is 7.08. The first-order chi connectivity index (χ1) is 8.08. The van der Waals surface area contributed by atoms with Crippen molar-refractivity contribution in [2.24, 2.45) is 11.8 Å². The Morgan fingerprint density at radius 2 is 2.06 bits per heavy atom. The van der Waals surface area contributed by atoms with Crippen molar-refractivity contribution in [2.75, 3.05) is 19.7 Å². The molecule has 0 aromatic rings. The summed E-state index contributed by atoms with van der Waals surface area (Å²) in [7, 11) is 0. The maximum absolute atomic E-state index is 9.77. The quantitative estimate of drug-likeness (QED) is 0.720. The van der Waals surface area contributed by atoms with Crippen LogP contribution in [0.5, 0.6) is 0 Å². The number of nitrogens with one attached hydrogen (secondary N) is 1. The molecule has 1 fully saturated rings. The summed E-state index contributed by atoms with van der Waals surface area (Å²) in [5, 5.41) is 13.0. The fourth-order valence-corrected chi connectivity index (χ4v) is 2.37. The van der Waals surface area contributed by atoms with Gasteiger partial charge in [-0.15, -0.1) is 0 Å². The van der Waals surface area contributed by atoms with E-state index >= 15 is 0 Å². The van der Waals surface area contributed by atoms with Gasteiger partial charge in [0.25, 0.3) is 0 Å². The van der Waals surface area contributed by atoms with E-state index in [9.17, 15) is 5.11 Å². The van der Waals surface area contributed by atoms with Gasteiger partial charge >= 0.3 is 0 Å². The fourth-order valence-electron chi connectivity index (χ4n) is 2.37. The van der Waals surface area contributed by atoms with Crippen molar-refractivity contribution in [2.45, 2.75) is 58.7 Å². The third-order valence-corrected chi connectivity index (χ3v) is 3.35. The van der Waals surface area contributed by atoms with Gasteiger partial charge in [0, 0.05) is 6.54 Å². The maximum atomic E-state index is 9.77. The lowest BCUT2D eigenvalue weighted by Crippen LogP contribution is -2.34. The van der Waals surface area contributed by atoms with E-state index in [0.29, 0.717) is 25.2 Å². The monoisotopic (exact) mass is 243 g/mol. The van der Waals surface area contributed by atoms with E-state index in [1.165, 1.54) is 12.8 Å². The molecule has 3 heteroatoms. The Kier molecular flexibility index (Phi) is 7.09. The molecule has 0 heterocycles. The topological polar surface area (TPSA) is 41.5 Å². The number of aliphatic hydroxyl groups is 1. The van der Waals surface area contributed by atoms with Crippen LogP contribution in [0.3, 0.4) is 0 Å². The SMILES string of the molecule is CC(C)CNCC(O)COC1CCCC(C)C1. The molecule has 1 aliphatic rings. The molecule has 0 saturated heterocycles. The Labute approximate surface area is 106 Å². The second kappa shape index (κ2) is 8.06. The lowest BCUT2D eigenvalue weighted by atomic mass is 9.89. The molecule has 0 spiro atoms. The van der Waals surface area contributed by atoms with E-state index in [-0.39, 0.29) is 6.10 Å². The molecule has 102 valence electrons. The van der Waals surface area contributed by atoms with Crippen molar-refractivity contribution in [3.8, 4) is 0 Å². The van der Waals surface area contributed by atoms with Crippen molar-refractivity contribution >= 4 is 0 Å². The summed E-state index contributed by atoms with van der Waals surface area (Å²) in [4.78, 5) is 0. The zero-order chi connectivity index (χ0) is 12.7. The van der Waals surface area contributed by atoms with Crippen molar-refractivity contribution < 1.29 is 9.84 Å². The zero-order valence-electron chi connectivity index (χ0n) is 11.6. The van der Waals surface area contributed by atoms with Gasteiger partial charge in [-0.25, -0.2) is 0 Å². The first kappa shape index (κ1) is 14.9. The van der Waals surface area contributed by atoms with E-state index in [4.69, 9.17) is 4.74 Å². The van der Waals surface area contributed by atoms with Gasteiger partial charge in [0.2, 0.25) is 0 Å². The van der Waals surface area contributed by atoms with Gasteiger partial charge in [0.1, 0.15) is 0 Å². The minimum Gasteiger partial charge on any atom is -0.389 e. The molecule has 1 saturated carbocycles. The Morgan fingerprint density at radius 1 is 1.29 bits per heavy atom. The fraction of sp³-hybridized carbons (Fsp3) is 1.00. The van der Waals surface area contributed by atoms with Crippen LogP contribution < -0.4 is 5.32 Å². The van der Waals surface area contributed by atoms with Crippen molar-refractivity contribution in [1.29, 1.82) is 0 Å². The van der Waals surface area contributed by atoms with E-state index in [2.05, 4.69) is 26.1 Å². The van der Waals surface area contributed by atoms with Gasteiger partial charge in [-0.3, -0.25) is 0 Å². The van der Waals surface area contributed by atoms with Gasteiger partial charge in [0.05, 0.1) is 18.8 Å². The standard InChI is InChI=1S/C14H29NO2/c1-11(2)8-15-9-13(16)10-17-14-6-4-5-12(3)7-14/h11-16H,4-10H2,1-3H3. The molecule has 3 unspecified atom stereocenters. The minimum atomic E-state index is -0.369. The predicted octanol–water partition coefficient (Wildman–Crippen LogP) is 2.19. The summed E-state index contributed by atoms with van der Waals surface area (Å²) in [6, 6.07) is 0. The van der Waals surface area contributed by atoms with Gasteiger partial charge in [-0.1, -0.05) is 33.6 Å². The van der Waals surface area contributed by atoms with Crippen LogP contribution in [0.1, 0.15) is 46.5 Å². The number of ether oxygens (including phenoxy) is 1. The molecule has 0 radical (unpaired) electrons. The number of rotatable bonds is 7. The van der Waals surface area contributed by atoms with Crippen LogP contribution in [0.15, 0.2) is 0 Å². The highest BCUT2D eigenvalue weighted by atomic mass is 16.5. The summed E-state index contributed by atoms with van der Waals surface area (Å²) in [5.74, 6) is 1.41. The Hall–Kier alpha value is -0.120. The van der Waals surface area contributed by atoms with Crippen molar-refractivity contribution in [3.63, 3.8) is 0 Å². The second-order valence-corrected chi connectivity index (χ2v) is 5.93. The van der Waals surface area contributed by atoms with Crippen LogP contribution in [0.25, 0.3) is 0 Å². The molecule has 0 aromatic carbocycles. The number of aliphatic hydroxyl groups excluding tert-OH is 1. The smallest absolute Gasteiger partial charge is 0.0897 e. The molecule has 0 amide bonds. The number of hydrogen-bond acceptors (Lipinski definition) is 3. The normalized spacial score (nSPS) is 27.4. The molecular formula is C14H29NO2. The van der Waals surface area contributed by atoms with E-state index in [1.54, 1.807) is 0 Å². The van der Waals surface area contributed by atoms with Gasteiger partial charge in [-0.05, 0) is 31.2 Å². The minimum absolute atomic E-state index is 0.369. The summed E-state index contributed by atoms with van der Waals surface area (Å²) in [6.07, 6.45) is 4.93. The molecule has 1 rings (SSSR count). The average Bonchev–Trinajstić information content (AvgIpc) is 2.26. The van der Waals surface area contributed by atoms with Crippen LogP contribution in [-0.2, 0) is 4.74 Å². The molecule has 0 aromatic heterocycles. The van der Waals surface area contributed by atoms with E-state index in [0.717, 1.165) is 25.3 Å². The van der Waals surface area contributed by atoms with Crippen LogP contribution in [-0.4, -0.2) is 37.0 Å². The molecule has 0 aliphatic heterocycles. The Bertz CT molecular complexity index is 197. The molecule has 3 atom stereocenters. The van der Waals surface area contributed by atoms with Crippen LogP contribution >= 0.6 is 0 Å². The molecule has 0 bridgehead atoms. The summed E-state index contributed by atoms with van der Waals surface area (Å²) < 4.78 is 5.78. The third-order valence-electron chi connectivity index (χ3n) is 3.35. The largest absolute Gasteiger partial charge is 0.389 e. The highest BCUT2D eigenvalue weighted by Crippen LogP contribution is 2.25. The maximum Gasteiger partial charge on any atom is 0.0897 e. The Morgan fingerprint density at radius 3 is 2.71 bits per heavy atom. The lowest BCUT2D eigenvalue weighted by molar-refractivity contribution is -0.0306. The number of hydrogen-bond donors (Lipinski definition) is 2. The summed E-state index contributed by atoms with van der Waals surface area (Å²) >= 11 is 0. The third kappa shape index (κ3) is 7.02. The molecule has 1 aliphatic carbocycles. The van der Waals surface area contributed by atoms with Crippen LogP contribution in [0.2, 0.25) is 0 Å². The highest BCUT2D eigenvalue weighted by molar-refractivity contribution is 4.71. The summed E-state index contributed by atoms with van der Waals surface area (Å²) in [6.45, 7) is 8.69. The molecule has 2 N–H and O–H groups in total. The zero-order valence-corrected chi connectivity index (χ0v) is 11.6. The second-order valence-electron chi connectivity index (χ2n) is 5.93. The van der Waals surface area contributed by atoms with Gasteiger partial charge in [-0.2, -0.15) is 0 Å². The molecule has 3 nitrogen and oxygen atoms in total. The lowest BCUT2D eigenvalue weighted by Gasteiger charge is -2.27. The van der Waals surface area contributed by atoms with Crippen LogP contribution in [0, 0.1) is 11.8 Å². The Balaban J connectivity index is 2.04. The summed E-state index contributed by atoms with van der Waals surface area (Å²) in [5.41, 5.74) is 0. The first-order valence-corrected chi connectivity index (χ1v) is 7.08. The van der Waals surface area contributed by atoms with Crippen molar-refractivity contribution in [1.82, 2.24) is 5.32 Å². The average molecular weight is 243 g/mol. The van der Waals surface area contributed by atoms with Gasteiger partial charge in [0.15, 0.2) is 0 Å². The van der Waals surface area contributed by atoms with Crippen molar-refractivity contribution in [3.05, 3.63) is 0 Å². The van der Waals surface area contributed by atoms with E-state index in [1.807, 2.05) is 0 Å². The van der Waals surface area contributed by atoms with Gasteiger partial charge < -0.3 is 15.2 Å². The highest BCUT2D eigenvalue weighted by Gasteiger charge is 2.20. The molecular weight excluding hydrogens is 214 g/mol. The van der Waals surface area contributed by atoms with Crippen LogP contribution in [0.4, 0.5) is 0 Å². The molecule has 17 heavy (non-hydrogen) atoms. The van der Waals surface area contributed by atoms with E-state index < -0.39 is 0 Å². The predicted molar refractivity (Wildman–Crippen MR) is 71.1 cm³/mol.